The number of hydrogen-bond acceptors (Lipinski definition) is 6. The van der Waals surface area contributed by atoms with Crippen molar-refractivity contribution in [2.75, 3.05) is 5.32 Å². The molecule has 228 valence electrons. The number of pyridine rings is 1. The van der Waals surface area contributed by atoms with Crippen molar-refractivity contribution in [1.82, 2.24) is 4.98 Å². The quantitative estimate of drug-likeness (QED) is 0.246. The fourth-order valence-corrected chi connectivity index (χ4v) is 2.76. The Morgan fingerprint density at radius 1 is 0.929 bits per heavy atom. The molecule has 1 amide bonds. The average molecular weight is 672 g/mol. The second-order valence-electron chi connectivity index (χ2n) is 7.79. The lowest BCUT2D eigenvalue weighted by atomic mass is 10.1. The summed E-state index contributed by atoms with van der Waals surface area (Å²) >= 11 is 3.07. The first-order chi connectivity index (χ1) is 19.4. The van der Waals surface area contributed by atoms with Crippen LogP contribution in [0.1, 0.15) is 11.3 Å². The SMILES string of the molecule is N[C@@H](Cc1ccc(OCc2ccccn2)cc1)C(=O)Nc1ccc(Br)c(F)c1.O=C(O)C(F)(F)F.O=C(O)C(F)(F)F. The number of rotatable bonds is 7. The topological polar surface area (TPSA) is 152 Å². The predicted octanol–water partition coefficient (Wildman–Crippen LogP) is 5.34. The third-order valence-corrected chi connectivity index (χ3v) is 5.14. The number of carbonyl (C=O) groups excluding carboxylic acids is 1. The van der Waals surface area contributed by atoms with Crippen LogP contribution in [0.2, 0.25) is 0 Å². The number of aromatic nitrogens is 1. The number of benzene rings is 2. The Morgan fingerprint density at radius 2 is 1.48 bits per heavy atom. The minimum atomic E-state index is -5.08. The van der Waals surface area contributed by atoms with Gasteiger partial charge >= 0.3 is 24.3 Å². The smallest absolute Gasteiger partial charge is 0.487 e. The molecule has 0 unspecified atom stereocenters. The van der Waals surface area contributed by atoms with E-state index in [-0.39, 0.29) is 5.91 Å². The number of carboxylic acids is 2. The monoisotopic (exact) mass is 671 g/mol. The van der Waals surface area contributed by atoms with Crippen molar-refractivity contribution >= 4 is 39.5 Å². The van der Waals surface area contributed by atoms with Crippen molar-refractivity contribution in [1.29, 1.82) is 0 Å². The Bertz CT molecular complexity index is 1300. The highest BCUT2D eigenvalue weighted by Crippen LogP contribution is 2.20. The van der Waals surface area contributed by atoms with Crippen molar-refractivity contribution in [3.8, 4) is 5.75 Å². The van der Waals surface area contributed by atoms with Gasteiger partial charge in [-0.3, -0.25) is 9.78 Å². The minimum Gasteiger partial charge on any atom is -0.487 e. The van der Waals surface area contributed by atoms with Gasteiger partial charge in [-0.1, -0.05) is 18.2 Å². The number of anilines is 1. The van der Waals surface area contributed by atoms with Crippen molar-refractivity contribution in [2.24, 2.45) is 5.73 Å². The van der Waals surface area contributed by atoms with E-state index in [1.54, 1.807) is 12.3 Å². The summed E-state index contributed by atoms with van der Waals surface area (Å²) in [5.41, 5.74) is 8.08. The molecule has 0 aliphatic heterocycles. The standard InChI is InChI=1S/C21H19BrFN3O2.2C2HF3O2/c22-18-9-6-15(12-19(18)23)26-21(27)20(24)11-14-4-7-17(8-5-14)28-13-16-3-1-2-10-25-16;2*3-2(4,5)1(6)7/h1-10,12,20H,11,13,24H2,(H,26,27);2*(H,6,7)/t20-;;/m0../s1. The molecule has 42 heavy (non-hydrogen) atoms. The van der Waals surface area contributed by atoms with E-state index in [0.717, 1.165) is 11.3 Å². The van der Waals surface area contributed by atoms with Crippen LogP contribution in [0.4, 0.5) is 36.4 Å². The molecule has 0 fully saturated rings. The van der Waals surface area contributed by atoms with Crippen molar-refractivity contribution in [2.45, 2.75) is 31.4 Å². The largest absolute Gasteiger partial charge is 0.490 e. The number of nitrogens with two attached hydrogens (primary N) is 1. The Kier molecular flexibility index (Phi) is 13.8. The van der Waals surface area contributed by atoms with E-state index in [1.807, 2.05) is 42.5 Å². The van der Waals surface area contributed by atoms with Gasteiger partial charge in [-0.15, -0.1) is 0 Å². The molecule has 9 nitrogen and oxygen atoms in total. The summed E-state index contributed by atoms with van der Waals surface area (Å²) in [4.78, 5) is 34.2. The third-order valence-electron chi connectivity index (χ3n) is 4.50. The second kappa shape index (κ2) is 16.3. The van der Waals surface area contributed by atoms with E-state index >= 15 is 0 Å². The zero-order valence-corrected chi connectivity index (χ0v) is 22.5. The average Bonchev–Trinajstić information content (AvgIpc) is 2.90. The molecule has 0 aliphatic carbocycles. The molecule has 1 aromatic heterocycles. The molecular weight excluding hydrogens is 651 g/mol. The van der Waals surface area contributed by atoms with Crippen LogP contribution in [0.5, 0.6) is 5.75 Å². The third kappa shape index (κ3) is 13.9. The van der Waals surface area contributed by atoms with E-state index in [0.29, 0.717) is 28.9 Å². The number of carboxylic acid groups (broad SMARTS) is 2. The maximum absolute atomic E-state index is 13.5. The first-order valence-corrected chi connectivity index (χ1v) is 11.9. The number of alkyl halides is 6. The first-order valence-electron chi connectivity index (χ1n) is 11.1. The molecule has 3 rings (SSSR count). The molecule has 17 heteroatoms. The van der Waals surface area contributed by atoms with Gasteiger partial charge in [-0.05, 0) is 70.4 Å². The van der Waals surface area contributed by atoms with Gasteiger partial charge in [0.2, 0.25) is 5.91 Å². The Morgan fingerprint density at radius 3 is 1.93 bits per heavy atom. The molecule has 1 heterocycles. The number of ether oxygens (including phenoxy) is 1. The highest BCUT2D eigenvalue weighted by molar-refractivity contribution is 9.10. The summed E-state index contributed by atoms with van der Waals surface area (Å²) in [6.45, 7) is 0.381. The fourth-order valence-electron chi connectivity index (χ4n) is 2.52. The van der Waals surface area contributed by atoms with E-state index in [4.69, 9.17) is 30.3 Å². The number of amides is 1. The maximum atomic E-state index is 13.5. The zero-order chi connectivity index (χ0) is 32.1. The zero-order valence-electron chi connectivity index (χ0n) is 20.9. The van der Waals surface area contributed by atoms with Gasteiger partial charge in [0.05, 0.1) is 16.2 Å². The van der Waals surface area contributed by atoms with Crippen molar-refractivity contribution in [3.63, 3.8) is 0 Å². The molecular formula is C25H21BrF7N3O6. The van der Waals surface area contributed by atoms with Crippen LogP contribution < -0.4 is 15.8 Å². The number of carbonyl (C=O) groups is 3. The first kappa shape index (κ1) is 35.8. The summed E-state index contributed by atoms with van der Waals surface area (Å²) in [5.74, 6) is -5.64. The highest BCUT2D eigenvalue weighted by atomic mass is 79.9. The van der Waals surface area contributed by atoms with Crippen LogP contribution in [-0.2, 0) is 27.4 Å². The molecule has 0 spiro atoms. The summed E-state index contributed by atoms with van der Waals surface area (Å²) in [6.07, 6.45) is -8.09. The van der Waals surface area contributed by atoms with Gasteiger partial charge < -0.3 is 26.0 Å². The fraction of sp³-hybridized carbons (Fsp3) is 0.200. The number of halogens is 8. The van der Waals surface area contributed by atoms with Crippen LogP contribution in [0, 0.1) is 5.82 Å². The van der Waals surface area contributed by atoms with E-state index in [9.17, 15) is 35.5 Å². The van der Waals surface area contributed by atoms with E-state index < -0.39 is 36.2 Å². The molecule has 0 saturated carbocycles. The van der Waals surface area contributed by atoms with Gasteiger partial charge in [0.25, 0.3) is 0 Å². The minimum absolute atomic E-state index is 0.333. The van der Waals surface area contributed by atoms with Crippen LogP contribution in [0.25, 0.3) is 0 Å². The van der Waals surface area contributed by atoms with Crippen molar-refractivity contribution in [3.05, 3.63) is 88.4 Å². The summed E-state index contributed by atoms with van der Waals surface area (Å²) in [6, 6.07) is 16.6. The van der Waals surface area contributed by atoms with Crippen LogP contribution in [0.15, 0.2) is 71.3 Å². The van der Waals surface area contributed by atoms with Gasteiger partial charge in [-0.2, -0.15) is 26.3 Å². The number of aliphatic carboxylic acids is 2. The number of hydrogen-bond donors (Lipinski definition) is 4. The Labute approximate surface area is 241 Å². The summed E-state index contributed by atoms with van der Waals surface area (Å²) < 4.78 is 83.0. The lowest BCUT2D eigenvalue weighted by molar-refractivity contribution is -0.193. The van der Waals surface area contributed by atoms with Gasteiger partial charge in [-0.25, -0.2) is 14.0 Å². The maximum Gasteiger partial charge on any atom is 0.490 e. The molecule has 5 N–H and O–H groups in total. The van der Waals surface area contributed by atoms with Gasteiger partial charge in [0.1, 0.15) is 18.2 Å². The van der Waals surface area contributed by atoms with Gasteiger partial charge in [0, 0.05) is 11.9 Å². The summed E-state index contributed by atoms with van der Waals surface area (Å²) in [7, 11) is 0. The van der Waals surface area contributed by atoms with Crippen LogP contribution in [0.3, 0.4) is 0 Å². The molecule has 0 aliphatic rings. The van der Waals surface area contributed by atoms with E-state index in [2.05, 4.69) is 26.2 Å². The molecule has 1 atom stereocenters. The lowest BCUT2D eigenvalue weighted by Gasteiger charge is -2.13. The highest BCUT2D eigenvalue weighted by Gasteiger charge is 2.38. The van der Waals surface area contributed by atoms with Crippen LogP contribution >= 0.6 is 15.9 Å². The van der Waals surface area contributed by atoms with Crippen LogP contribution in [-0.4, -0.2) is 51.4 Å². The molecule has 2 aromatic carbocycles. The second-order valence-corrected chi connectivity index (χ2v) is 8.64. The molecule has 0 bridgehead atoms. The Hall–Kier alpha value is -4.25. The number of nitrogens with one attached hydrogen (secondary N) is 1. The van der Waals surface area contributed by atoms with E-state index in [1.165, 1.54) is 12.1 Å². The normalized spacial score (nSPS) is 11.5. The molecule has 3 aromatic rings. The summed E-state index contributed by atoms with van der Waals surface area (Å²) in [5, 5.41) is 16.9. The Balaban J connectivity index is 0.000000522. The van der Waals surface area contributed by atoms with Crippen molar-refractivity contribution < 1.29 is 60.1 Å². The van der Waals surface area contributed by atoms with Gasteiger partial charge in [0.15, 0.2) is 0 Å². The molecule has 0 radical (unpaired) electrons. The lowest BCUT2D eigenvalue weighted by Crippen LogP contribution is -2.37. The number of nitrogens with zero attached hydrogens (tertiary/aromatic N) is 1. The molecule has 0 saturated heterocycles. The predicted molar refractivity (Wildman–Crippen MR) is 137 cm³/mol.